The van der Waals surface area contributed by atoms with Gasteiger partial charge in [0.25, 0.3) is 5.91 Å². The zero-order chi connectivity index (χ0) is 19.4. The van der Waals surface area contributed by atoms with Crippen molar-refractivity contribution in [3.63, 3.8) is 0 Å². The number of ether oxygens (including phenoxy) is 1. The molecule has 0 heterocycles. The van der Waals surface area contributed by atoms with Gasteiger partial charge in [0.15, 0.2) is 6.61 Å². The van der Waals surface area contributed by atoms with Gasteiger partial charge in [-0.2, -0.15) is 5.26 Å². The smallest absolute Gasteiger partial charge is 0.338 e. The number of nitriles is 1. The number of carbonyl (C=O) groups excluding carboxylic acids is 2. The molecule has 2 rings (SSSR count). The molecule has 0 unspecified atom stereocenters. The molecule has 0 N–H and O–H groups in total. The lowest BCUT2D eigenvalue weighted by molar-refractivity contribution is -0.138. The minimum Gasteiger partial charge on any atom is -0.452 e. The second-order valence-electron chi connectivity index (χ2n) is 8.06. The highest BCUT2D eigenvalue weighted by Crippen LogP contribution is 2.32. The maximum Gasteiger partial charge on any atom is 0.338 e. The summed E-state index contributed by atoms with van der Waals surface area (Å²) in [6.45, 7) is 5.96. The van der Waals surface area contributed by atoms with Crippen molar-refractivity contribution in [1.29, 1.82) is 5.26 Å². The SMILES string of the molecule is CN(C(=O)COC(=O)c1ccc(C(C)(C)C)cc1)C1(C#N)CCCCC1. The molecule has 0 bridgehead atoms. The molecule has 1 aromatic rings. The third-order valence-corrected chi connectivity index (χ3v) is 5.22. The van der Waals surface area contributed by atoms with Gasteiger partial charge in [0.2, 0.25) is 0 Å². The molecular formula is C21H28N2O3. The van der Waals surface area contributed by atoms with Crippen LogP contribution >= 0.6 is 0 Å². The predicted molar refractivity (Wildman–Crippen MR) is 99.6 cm³/mol. The van der Waals surface area contributed by atoms with E-state index in [0.717, 1.165) is 24.8 Å². The molecule has 140 valence electrons. The van der Waals surface area contributed by atoms with Crippen LogP contribution in [0.5, 0.6) is 0 Å². The van der Waals surface area contributed by atoms with Gasteiger partial charge >= 0.3 is 5.97 Å². The normalized spacial score (nSPS) is 16.4. The molecule has 0 aliphatic heterocycles. The predicted octanol–water partition coefficient (Wildman–Crippen LogP) is 3.83. The molecule has 0 radical (unpaired) electrons. The van der Waals surface area contributed by atoms with Crippen LogP contribution in [0.15, 0.2) is 24.3 Å². The molecule has 1 aromatic carbocycles. The van der Waals surface area contributed by atoms with Gasteiger partial charge in [-0.3, -0.25) is 4.79 Å². The van der Waals surface area contributed by atoms with Gasteiger partial charge in [-0.05, 0) is 36.0 Å². The van der Waals surface area contributed by atoms with Crippen LogP contribution in [-0.4, -0.2) is 36.0 Å². The lowest BCUT2D eigenvalue weighted by Gasteiger charge is -2.38. The van der Waals surface area contributed by atoms with Crippen molar-refractivity contribution in [1.82, 2.24) is 4.90 Å². The summed E-state index contributed by atoms with van der Waals surface area (Å²) in [5.74, 6) is -0.866. The van der Waals surface area contributed by atoms with Crippen molar-refractivity contribution < 1.29 is 14.3 Å². The monoisotopic (exact) mass is 356 g/mol. The fourth-order valence-electron chi connectivity index (χ4n) is 3.31. The highest BCUT2D eigenvalue weighted by Gasteiger charge is 2.39. The molecule has 1 fully saturated rings. The van der Waals surface area contributed by atoms with E-state index in [2.05, 4.69) is 26.8 Å². The molecule has 0 atom stereocenters. The zero-order valence-corrected chi connectivity index (χ0v) is 16.2. The largest absolute Gasteiger partial charge is 0.452 e. The average Bonchev–Trinajstić information content (AvgIpc) is 2.65. The van der Waals surface area contributed by atoms with E-state index < -0.39 is 11.5 Å². The first kappa shape index (κ1) is 20.0. The Balaban J connectivity index is 1.96. The number of esters is 1. The van der Waals surface area contributed by atoms with Gasteiger partial charge in [-0.15, -0.1) is 0 Å². The number of hydrogen-bond acceptors (Lipinski definition) is 4. The Morgan fingerprint density at radius 3 is 2.23 bits per heavy atom. The summed E-state index contributed by atoms with van der Waals surface area (Å²) in [5.41, 5.74) is 0.780. The summed E-state index contributed by atoms with van der Waals surface area (Å²) in [4.78, 5) is 26.1. The van der Waals surface area contributed by atoms with E-state index in [0.29, 0.717) is 18.4 Å². The summed E-state index contributed by atoms with van der Waals surface area (Å²) >= 11 is 0. The molecule has 5 nitrogen and oxygen atoms in total. The van der Waals surface area contributed by atoms with Crippen molar-refractivity contribution in [2.75, 3.05) is 13.7 Å². The maximum absolute atomic E-state index is 12.4. The second kappa shape index (κ2) is 7.90. The molecule has 0 saturated heterocycles. The molecule has 1 amide bonds. The molecule has 1 aliphatic carbocycles. The van der Waals surface area contributed by atoms with Crippen LogP contribution in [0.2, 0.25) is 0 Å². The van der Waals surface area contributed by atoms with Crippen LogP contribution in [0.25, 0.3) is 0 Å². The van der Waals surface area contributed by atoms with Crippen molar-refractivity contribution in [2.45, 2.75) is 63.8 Å². The highest BCUT2D eigenvalue weighted by molar-refractivity contribution is 5.91. The Labute approximate surface area is 155 Å². The summed E-state index contributed by atoms with van der Waals surface area (Å²) < 4.78 is 5.18. The molecule has 26 heavy (non-hydrogen) atoms. The lowest BCUT2D eigenvalue weighted by atomic mass is 9.81. The third kappa shape index (κ3) is 4.43. The van der Waals surface area contributed by atoms with Crippen LogP contribution in [0.3, 0.4) is 0 Å². The van der Waals surface area contributed by atoms with Gasteiger partial charge in [-0.1, -0.05) is 52.2 Å². The first-order chi connectivity index (χ1) is 12.2. The first-order valence-electron chi connectivity index (χ1n) is 9.15. The van der Waals surface area contributed by atoms with E-state index in [1.807, 2.05) is 12.1 Å². The molecule has 1 aliphatic rings. The molecule has 0 spiro atoms. The highest BCUT2D eigenvalue weighted by atomic mass is 16.5. The third-order valence-electron chi connectivity index (χ3n) is 5.22. The van der Waals surface area contributed by atoms with Crippen molar-refractivity contribution in [3.8, 4) is 6.07 Å². The van der Waals surface area contributed by atoms with Crippen LogP contribution in [0.4, 0.5) is 0 Å². The Bertz CT molecular complexity index is 689. The van der Waals surface area contributed by atoms with E-state index in [4.69, 9.17) is 4.74 Å². The summed E-state index contributed by atoms with van der Waals surface area (Å²) in [7, 11) is 1.63. The van der Waals surface area contributed by atoms with Crippen LogP contribution in [-0.2, 0) is 14.9 Å². The number of amides is 1. The standard InChI is InChI=1S/C21H28N2O3/c1-20(2,3)17-10-8-16(9-11-17)19(25)26-14-18(24)23(4)21(15-22)12-6-5-7-13-21/h8-11H,5-7,12-14H2,1-4H3. The number of benzene rings is 1. The van der Waals surface area contributed by atoms with Crippen LogP contribution in [0.1, 0.15) is 68.8 Å². The Morgan fingerprint density at radius 2 is 1.73 bits per heavy atom. The van der Waals surface area contributed by atoms with Crippen molar-refractivity contribution >= 4 is 11.9 Å². The van der Waals surface area contributed by atoms with Crippen LogP contribution in [0, 0.1) is 11.3 Å². The molecule has 1 saturated carbocycles. The fourth-order valence-corrected chi connectivity index (χ4v) is 3.31. The molecule has 0 aromatic heterocycles. The quantitative estimate of drug-likeness (QED) is 0.769. The zero-order valence-electron chi connectivity index (χ0n) is 16.2. The minimum atomic E-state index is -0.768. The van der Waals surface area contributed by atoms with E-state index in [1.165, 1.54) is 4.90 Å². The van der Waals surface area contributed by atoms with E-state index in [-0.39, 0.29) is 17.9 Å². The molecular weight excluding hydrogens is 328 g/mol. The number of hydrogen-bond donors (Lipinski definition) is 0. The first-order valence-corrected chi connectivity index (χ1v) is 9.15. The van der Waals surface area contributed by atoms with Gasteiger partial charge in [0.1, 0.15) is 5.54 Å². The van der Waals surface area contributed by atoms with E-state index in [1.54, 1.807) is 19.2 Å². The summed E-state index contributed by atoms with van der Waals surface area (Å²) in [6.07, 6.45) is 4.31. The Hall–Kier alpha value is -2.35. The topological polar surface area (TPSA) is 70.4 Å². The van der Waals surface area contributed by atoms with Gasteiger partial charge in [0, 0.05) is 7.05 Å². The summed E-state index contributed by atoms with van der Waals surface area (Å²) in [5, 5.41) is 9.56. The summed E-state index contributed by atoms with van der Waals surface area (Å²) in [6, 6.07) is 9.54. The van der Waals surface area contributed by atoms with Gasteiger partial charge < -0.3 is 9.64 Å². The Kier molecular flexibility index (Phi) is 6.07. The number of rotatable bonds is 4. The number of carbonyl (C=O) groups is 2. The maximum atomic E-state index is 12.4. The fraction of sp³-hybridized carbons (Fsp3) is 0.571. The van der Waals surface area contributed by atoms with Crippen molar-refractivity contribution in [2.24, 2.45) is 0 Å². The van der Waals surface area contributed by atoms with Crippen molar-refractivity contribution in [3.05, 3.63) is 35.4 Å². The van der Waals surface area contributed by atoms with Crippen LogP contribution < -0.4 is 0 Å². The number of likely N-dealkylation sites (N-methyl/N-ethyl adjacent to an activating group) is 1. The minimum absolute atomic E-state index is 0.00667. The van der Waals surface area contributed by atoms with E-state index >= 15 is 0 Å². The van der Waals surface area contributed by atoms with E-state index in [9.17, 15) is 14.9 Å². The van der Waals surface area contributed by atoms with Gasteiger partial charge in [-0.25, -0.2) is 4.79 Å². The second-order valence-corrected chi connectivity index (χ2v) is 8.06. The lowest BCUT2D eigenvalue weighted by Crippen LogP contribution is -2.51. The van der Waals surface area contributed by atoms with Gasteiger partial charge in [0.05, 0.1) is 11.6 Å². The Morgan fingerprint density at radius 1 is 1.15 bits per heavy atom. The average molecular weight is 356 g/mol. The molecule has 5 heteroatoms. The number of nitrogens with zero attached hydrogens (tertiary/aromatic N) is 2.